The van der Waals surface area contributed by atoms with Crippen molar-refractivity contribution in [3.63, 3.8) is 0 Å². The van der Waals surface area contributed by atoms with Gasteiger partial charge < -0.3 is 20.1 Å². The zero-order valence-corrected chi connectivity index (χ0v) is 14.6. The smallest absolute Gasteiger partial charge is 0.410 e. The average molecular weight is 346 g/mol. The summed E-state index contributed by atoms with van der Waals surface area (Å²) in [4.78, 5) is 38.1. The molecule has 0 unspecified atom stereocenters. The van der Waals surface area contributed by atoms with Crippen LogP contribution in [0.25, 0.3) is 0 Å². The van der Waals surface area contributed by atoms with E-state index in [9.17, 15) is 19.5 Å². The number of hydrogen-bond acceptors (Lipinski definition) is 4. The van der Waals surface area contributed by atoms with Gasteiger partial charge in [-0.25, -0.2) is 9.59 Å². The molecular formula is C18H22N2O5. The van der Waals surface area contributed by atoms with Crippen LogP contribution in [0.2, 0.25) is 0 Å². The third kappa shape index (κ3) is 2.94. The number of carbonyl (C=O) groups excluding carboxylic acids is 2. The summed E-state index contributed by atoms with van der Waals surface area (Å²) < 4.78 is 5.38. The van der Waals surface area contributed by atoms with E-state index in [-0.39, 0.29) is 11.5 Å². The third-order valence-electron chi connectivity index (χ3n) is 4.72. The molecule has 1 spiro atoms. The predicted octanol–water partition coefficient (Wildman–Crippen LogP) is 2.61. The monoisotopic (exact) mass is 346 g/mol. The molecule has 0 radical (unpaired) electrons. The molecule has 2 aliphatic rings. The summed E-state index contributed by atoms with van der Waals surface area (Å²) >= 11 is 0. The maximum Gasteiger partial charge on any atom is 0.410 e. The first-order chi connectivity index (χ1) is 11.6. The normalized spacial score (nSPS) is 18.7. The summed E-state index contributed by atoms with van der Waals surface area (Å²) in [6.07, 6.45) is 0.331. The quantitative estimate of drug-likeness (QED) is 0.815. The van der Waals surface area contributed by atoms with Crippen LogP contribution in [-0.2, 0) is 14.9 Å². The zero-order chi connectivity index (χ0) is 18.4. The summed E-state index contributed by atoms with van der Waals surface area (Å²) in [5.41, 5.74) is -0.253. The number of likely N-dealkylation sites (tertiary alicyclic amines) is 1. The maximum atomic E-state index is 12.6. The molecule has 25 heavy (non-hydrogen) atoms. The van der Waals surface area contributed by atoms with Gasteiger partial charge in [0.25, 0.3) is 0 Å². The Balaban J connectivity index is 1.86. The van der Waals surface area contributed by atoms with Gasteiger partial charge in [0.15, 0.2) is 0 Å². The number of amides is 2. The van der Waals surface area contributed by atoms with E-state index in [1.54, 1.807) is 37.8 Å². The predicted molar refractivity (Wildman–Crippen MR) is 90.8 cm³/mol. The maximum absolute atomic E-state index is 12.6. The largest absolute Gasteiger partial charge is 0.478 e. The number of nitrogens with zero attached hydrogens (tertiary/aromatic N) is 1. The van der Waals surface area contributed by atoms with Crippen LogP contribution < -0.4 is 5.32 Å². The van der Waals surface area contributed by atoms with Gasteiger partial charge in [0.2, 0.25) is 5.91 Å². The molecule has 134 valence electrons. The van der Waals surface area contributed by atoms with Gasteiger partial charge in [0.05, 0.1) is 11.0 Å². The molecule has 1 saturated heterocycles. The second-order valence-electron chi connectivity index (χ2n) is 7.54. The Kier molecular flexibility index (Phi) is 3.97. The first-order valence-corrected chi connectivity index (χ1v) is 8.30. The summed E-state index contributed by atoms with van der Waals surface area (Å²) in [5.74, 6) is -1.25. The van der Waals surface area contributed by atoms with Crippen LogP contribution in [0.5, 0.6) is 0 Å². The highest BCUT2D eigenvalue weighted by molar-refractivity contribution is 6.10. The summed E-state index contributed by atoms with van der Waals surface area (Å²) in [6, 6.07) is 4.86. The van der Waals surface area contributed by atoms with Crippen molar-refractivity contribution in [2.45, 2.75) is 44.6 Å². The minimum Gasteiger partial charge on any atom is -0.478 e. The Morgan fingerprint density at radius 1 is 1.24 bits per heavy atom. The minimum absolute atomic E-state index is 0.140. The van der Waals surface area contributed by atoms with Crippen molar-refractivity contribution >= 4 is 23.7 Å². The third-order valence-corrected chi connectivity index (χ3v) is 4.72. The number of piperidine rings is 1. The van der Waals surface area contributed by atoms with Gasteiger partial charge in [-0.2, -0.15) is 0 Å². The molecule has 1 aromatic carbocycles. The van der Waals surface area contributed by atoms with Gasteiger partial charge in [0, 0.05) is 24.3 Å². The number of fused-ring (bicyclic) bond motifs is 2. The van der Waals surface area contributed by atoms with E-state index in [2.05, 4.69) is 5.32 Å². The first-order valence-electron chi connectivity index (χ1n) is 8.30. The molecule has 0 bridgehead atoms. The summed E-state index contributed by atoms with van der Waals surface area (Å²) in [7, 11) is 0. The number of anilines is 1. The van der Waals surface area contributed by atoms with E-state index in [0.29, 0.717) is 37.2 Å². The highest BCUT2D eigenvalue weighted by Gasteiger charge is 2.51. The molecule has 0 saturated carbocycles. The molecule has 2 heterocycles. The number of benzene rings is 1. The lowest BCUT2D eigenvalue weighted by atomic mass is 9.72. The molecule has 2 aliphatic heterocycles. The second kappa shape index (κ2) is 5.75. The number of aromatic carboxylic acids is 1. The molecule has 3 rings (SSSR count). The van der Waals surface area contributed by atoms with Gasteiger partial charge >= 0.3 is 12.1 Å². The average Bonchev–Trinajstić information content (AvgIpc) is 2.78. The minimum atomic E-state index is -1.05. The second-order valence-corrected chi connectivity index (χ2v) is 7.54. The Bertz CT molecular complexity index is 742. The van der Waals surface area contributed by atoms with Crippen molar-refractivity contribution in [1.82, 2.24) is 4.90 Å². The lowest BCUT2D eigenvalue weighted by Gasteiger charge is -2.38. The molecule has 7 nitrogen and oxygen atoms in total. The van der Waals surface area contributed by atoms with Crippen molar-refractivity contribution in [2.75, 3.05) is 18.4 Å². The van der Waals surface area contributed by atoms with Crippen LogP contribution in [0.1, 0.15) is 49.5 Å². The van der Waals surface area contributed by atoms with E-state index >= 15 is 0 Å². The molecule has 0 aromatic heterocycles. The van der Waals surface area contributed by atoms with Gasteiger partial charge in [-0.15, -0.1) is 0 Å². The van der Waals surface area contributed by atoms with Crippen LogP contribution in [-0.4, -0.2) is 46.7 Å². The van der Waals surface area contributed by atoms with Crippen molar-refractivity contribution in [3.8, 4) is 0 Å². The Hall–Kier alpha value is -2.57. The van der Waals surface area contributed by atoms with E-state index < -0.39 is 23.1 Å². The van der Waals surface area contributed by atoms with E-state index in [1.807, 2.05) is 0 Å². The van der Waals surface area contributed by atoms with Crippen LogP contribution in [0, 0.1) is 0 Å². The van der Waals surface area contributed by atoms with Crippen molar-refractivity contribution in [2.24, 2.45) is 0 Å². The van der Waals surface area contributed by atoms with Crippen LogP contribution in [0.4, 0.5) is 10.5 Å². The van der Waals surface area contributed by atoms with Gasteiger partial charge in [-0.1, -0.05) is 6.07 Å². The number of rotatable bonds is 1. The number of nitrogens with one attached hydrogen (secondary N) is 1. The number of hydrogen-bond donors (Lipinski definition) is 2. The molecule has 0 atom stereocenters. The van der Waals surface area contributed by atoms with Crippen LogP contribution in [0.3, 0.4) is 0 Å². The Morgan fingerprint density at radius 2 is 1.88 bits per heavy atom. The number of carboxylic acids is 1. The Morgan fingerprint density at radius 3 is 2.44 bits per heavy atom. The summed E-state index contributed by atoms with van der Waals surface area (Å²) in [6.45, 7) is 6.09. The molecule has 1 fully saturated rings. The van der Waals surface area contributed by atoms with Crippen molar-refractivity contribution in [3.05, 3.63) is 29.3 Å². The number of ether oxygens (including phenoxy) is 1. The fraction of sp³-hybridized carbons (Fsp3) is 0.500. The van der Waals surface area contributed by atoms with E-state index in [0.717, 1.165) is 0 Å². The lowest BCUT2D eigenvalue weighted by Crippen LogP contribution is -2.49. The van der Waals surface area contributed by atoms with Gasteiger partial charge in [-0.05, 0) is 45.7 Å². The molecule has 7 heteroatoms. The zero-order valence-electron chi connectivity index (χ0n) is 14.6. The van der Waals surface area contributed by atoms with Gasteiger partial charge in [-0.3, -0.25) is 4.79 Å². The molecular weight excluding hydrogens is 324 g/mol. The summed E-state index contributed by atoms with van der Waals surface area (Å²) in [5, 5.41) is 12.3. The SMILES string of the molecule is CC(C)(C)OC(=O)N1CCC2(CC1)C(=O)Nc1cccc(C(=O)O)c12. The fourth-order valence-electron chi connectivity index (χ4n) is 3.58. The molecule has 2 amide bonds. The van der Waals surface area contributed by atoms with Crippen molar-refractivity contribution in [1.29, 1.82) is 0 Å². The highest BCUT2D eigenvalue weighted by atomic mass is 16.6. The first kappa shape index (κ1) is 17.3. The van der Waals surface area contributed by atoms with Crippen LogP contribution in [0.15, 0.2) is 18.2 Å². The molecule has 0 aliphatic carbocycles. The standard InChI is InChI=1S/C18H22N2O5/c1-17(2,3)25-16(24)20-9-7-18(8-10-20)13-11(14(21)22)5-4-6-12(13)19-15(18)23/h4-6H,7-10H2,1-3H3,(H,19,23)(H,21,22). The number of carboxylic acid groups (broad SMARTS) is 1. The topological polar surface area (TPSA) is 95.9 Å². The molecule has 2 N–H and O–H groups in total. The van der Waals surface area contributed by atoms with E-state index in [4.69, 9.17) is 4.74 Å². The van der Waals surface area contributed by atoms with E-state index in [1.165, 1.54) is 6.07 Å². The molecule has 1 aromatic rings. The number of carbonyl (C=O) groups is 3. The van der Waals surface area contributed by atoms with Crippen molar-refractivity contribution < 1.29 is 24.2 Å². The Labute approximate surface area is 146 Å². The fourth-order valence-corrected chi connectivity index (χ4v) is 3.58. The lowest BCUT2D eigenvalue weighted by molar-refractivity contribution is -0.122. The van der Waals surface area contributed by atoms with Gasteiger partial charge in [0.1, 0.15) is 5.60 Å². The van der Waals surface area contributed by atoms with Crippen LogP contribution >= 0.6 is 0 Å². The highest BCUT2D eigenvalue weighted by Crippen LogP contribution is 2.46.